The number of benzene rings is 3. The third kappa shape index (κ3) is 6.80. The largest absolute Gasteiger partial charge is 0.465 e. The predicted octanol–water partition coefficient (Wildman–Crippen LogP) is 4.08. The molecule has 4 aromatic rings. The standard InChI is InChI=1S/C31H33N5O6/c1-6-42-30(40)22-10-9-11-23(18-22)36(26(37)19-35-25-13-8-7-12-24(25)33-34-35)27(28(38)32-31(2,3)4)20-14-16-21(17-15-20)29(39)41-5/h7-18,27H,6,19H2,1-5H3,(H,32,38)/t27-/m1/s1. The number of anilines is 1. The van der Waals surface area contributed by atoms with E-state index >= 15 is 0 Å². The van der Waals surface area contributed by atoms with E-state index in [0.717, 1.165) is 0 Å². The lowest BCUT2D eigenvalue weighted by Gasteiger charge is -2.34. The van der Waals surface area contributed by atoms with Crippen LogP contribution in [0, 0.1) is 0 Å². The third-order valence-corrected chi connectivity index (χ3v) is 6.26. The second-order valence-electron chi connectivity index (χ2n) is 10.5. The number of nitrogens with one attached hydrogen (secondary N) is 1. The van der Waals surface area contributed by atoms with Gasteiger partial charge in [-0.25, -0.2) is 14.3 Å². The van der Waals surface area contributed by atoms with Crippen LogP contribution in [0.4, 0.5) is 5.69 Å². The van der Waals surface area contributed by atoms with Gasteiger partial charge in [-0.05, 0) is 75.7 Å². The van der Waals surface area contributed by atoms with Gasteiger partial charge < -0.3 is 14.8 Å². The summed E-state index contributed by atoms with van der Waals surface area (Å²) in [5.41, 5.74) is 1.85. The summed E-state index contributed by atoms with van der Waals surface area (Å²) in [6.07, 6.45) is 0. The van der Waals surface area contributed by atoms with Crippen molar-refractivity contribution in [3.8, 4) is 0 Å². The molecule has 42 heavy (non-hydrogen) atoms. The highest BCUT2D eigenvalue weighted by Crippen LogP contribution is 2.31. The average Bonchev–Trinajstić information content (AvgIpc) is 3.37. The van der Waals surface area contributed by atoms with E-state index in [-0.39, 0.29) is 24.3 Å². The van der Waals surface area contributed by atoms with Crippen LogP contribution in [0.3, 0.4) is 0 Å². The number of hydrogen-bond donors (Lipinski definition) is 1. The first-order valence-corrected chi connectivity index (χ1v) is 13.4. The maximum absolute atomic E-state index is 14.2. The Kier molecular flexibility index (Phi) is 8.99. The number of methoxy groups -OCH3 is 1. The lowest BCUT2D eigenvalue weighted by Crippen LogP contribution is -2.50. The van der Waals surface area contributed by atoms with Crippen LogP contribution in [0.2, 0.25) is 0 Å². The smallest absolute Gasteiger partial charge is 0.338 e. The van der Waals surface area contributed by atoms with E-state index in [4.69, 9.17) is 9.47 Å². The van der Waals surface area contributed by atoms with Gasteiger partial charge >= 0.3 is 11.9 Å². The molecule has 1 aromatic heterocycles. The number of aromatic nitrogens is 3. The fraction of sp³-hybridized carbons (Fsp3) is 0.290. The van der Waals surface area contributed by atoms with Gasteiger partial charge in [-0.15, -0.1) is 5.10 Å². The van der Waals surface area contributed by atoms with Crippen molar-refractivity contribution >= 4 is 40.5 Å². The number of hydrogen-bond acceptors (Lipinski definition) is 8. The van der Waals surface area contributed by atoms with E-state index < -0.39 is 35.3 Å². The normalized spacial score (nSPS) is 11.9. The summed E-state index contributed by atoms with van der Waals surface area (Å²) in [4.78, 5) is 54.2. The van der Waals surface area contributed by atoms with E-state index in [2.05, 4.69) is 15.6 Å². The van der Waals surface area contributed by atoms with Crippen LogP contribution in [0.25, 0.3) is 11.0 Å². The van der Waals surface area contributed by atoms with Gasteiger partial charge in [0.25, 0.3) is 0 Å². The minimum Gasteiger partial charge on any atom is -0.465 e. The van der Waals surface area contributed by atoms with E-state index in [9.17, 15) is 19.2 Å². The molecule has 218 valence electrons. The zero-order chi connectivity index (χ0) is 30.4. The van der Waals surface area contributed by atoms with Crippen molar-refractivity contribution in [2.24, 2.45) is 0 Å². The Bertz CT molecular complexity index is 1610. The Morgan fingerprint density at radius 3 is 2.31 bits per heavy atom. The van der Waals surface area contributed by atoms with Crippen LogP contribution < -0.4 is 10.2 Å². The summed E-state index contributed by atoms with van der Waals surface area (Å²) in [5, 5.41) is 11.3. The fourth-order valence-corrected chi connectivity index (χ4v) is 4.45. The molecule has 0 saturated heterocycles. The third-order valence-electron chi connectivity index (χ3n) is 6.26. The number of amides is 2. The molecule has 0 unspecified atom stereocenters. The van der Waals surface area contributed by atoms with Gasteiger partial charge in [-0.1, -0.05) is 35.5 Å². The number of carbonyl (C=O) groups is 4. The van der Waals surface area contributed by atoms with Crippen LogP contribution in [0.5, 0.6) is 0 Å². The number of fused-ring (bicyclic) bond motifs is 1. The number of esters is 2. The summed E-state index contributed by atoms with van der Waals surface area (Å²) >= 11 is 0. The molecule has 11 nitrogen and oxygen atoms in total. The molecular formula is C31H33N5O6. The molecule has 0 aliphatic rings. The lowest BCUT2D eigenvalue weighted by atomic mass is 9.99. The van der Waals surface area contributed by atoms with Crippen LogP contribution >= 0.6 is 0 Å². The number of nitrogens with zero attached hydrogens (tertiary/aromatic N) is 4. The molecule has 4 rings (SSSR count). The van der Waals surface area contributed by atoms with E-state index in [1.807, 2.05) is 32.9 Å². The molecule has 0 saturated carbocycles. The lowest BCUT2D eigenvalue weighted by molar-refractivity contribution is -0.128. The number of para-hydroxylation sites is 1. The Balaban J connectivity index is 1.87. The molecule has 3 aromatic carbocycles. The molecule has 2 amide bonds. The minimum atomic E-state index is -1.18. The summed E-state index contributed by atoms with van der Waals surface area (Å²) < 4.78 is 11.4. The average molecular weight is 572 g/mol. The number of rotatable bonds is 9. The van der Waals surface area contributed by atoms with Gasteiger partial charge in [-0.2, -0.15) is 0 Å². The van der Waals surface area contributed by atoms with E-state index in [0.29, 0.717) is 22.3 Å². The molecule has 1 N–H and O–H groups in total. The Hall–Kier alpha value is -5.06. The fourth-order valence-electron chi connectivity index (χ4n) is 4.45. The van der Waals surface area contributed by atoms with Crippen molar-refractivity contribution in [1.29, 1.82) is 0 Å². The minimum absolute atomic E-state index is 0.175. The first kappa shape index (κ1) is 29.9. The number of carbonyl (C=O) groups excluding carboxylic acids is 4. The predicted molar refractivity (Wildman–Crippen MR) is 156 cm³/mol. The first-order valence-electron chi connectivity index (χ1n) is 13.4. The highest BCUT2D eigenvalue weighted by Gasteiger charge is 2.35. The Morgan fingerprint density at radius 2 is 1.64 bits per heavy atom. The van der Waals surface area contributed by atoms with E-state index in [1.165, 1.54) is 34.9 Å². The van der Waals surface area contributed by atoms with Crippen molar-refractivity contribution in [3.05, 3.63) is 89.5 Å². The molecule has 0 spiro atoms. The maximum Gasteiger partial charge on any atom is 0.338 e. The van der Waals surface area contributed by atoms with Gasteiger partial charge in [0.1, 0.15) is 18.1 Å². The van der Waals surface area contributed by atoms with Crippen LogP contribution in [-0.4, -0.2) is 58.0 Å². The van der Waals surface area contributed by atoms with Gasteiger partial charge in [0.15, 0.2) is 0 Å². The highest BCUT2D eigenvalue weighted by molar-refractivity contribution is 6.03. The summed E-state index contributed by atoms with van der Waals surface area (Å²) in [5.74, 6) is -2.05. The molecule has 0 aliphatic heterocycles. The molecule has 1 atom stereocenters. The summed E-state index contributed by atoms with van der Waals surface area (Å²) in [6, 6.07) is 18.6. The molecule has 11 heteroatoms. The van der Waals surface area contributed by atoms with Gasteiger partial charge in [-0.3, -0.25) is 14.5 Å². The van der Waals surface area contributed by atoms with E-state index in [1.54, 1.807) is 49.4 Å². The van der Waals surface area contributed by atoms with Crippen LogP contribution in [0.1, 0.15) is 60.0 Å². The van der Waals surface area contributed by atoms with Crippen molar-refractivity contribution in [1.82, 2.24) is 20.3 Å². The molecule has 0 fully saturated rings. The van der Waals surface area contributed by atoms with Crippen molar-refractivity contribution in [3.63, 3.8) is 0 Å². The zero-order valence-corrected chi connectivity index (χ0v) is 24.2. The van der Waals surface area contributed by atoms with Crippen LogP contribution in [0.15, 0.2) is 72.8 Å². The zero-order valence-electron chi connectivity index (χ0n) is 24.2. The van der Waals surface area contributed by atoms with Gasteiger partial charge in [0.2, 0.25) is 11.8 Å². The topological polar surface area (TPSA) is 133 Å². The molecule has 0 radical (unpaired) electrons. The second kappa shape index (κ2) is 12.6. The van der Waals surface area contributed by atoms with Crippen molar-refractivity contribution < 1.29 is 28.7 Å². The SMILES string of the molecule is CCOC(=O)c1cccc(N(C(=O)Cn2nnc3ccccc32)[C@@H](C(=O)NC(C)(C)C)c2ccc(C(=O)OC)cc2)c1. The molecule has 0 bridgehead atoms. The first-order chi connectivity index (χ1) is 20.0. The summed E-state index contributed by atoms with van der Waals surface area (Å²) in [6.45, 7) is 7.12. The van der Waals surface area contributed by atoms with Crippen LogP contribution in [-0.2, 0) is 25.6 Å². The molecular weight excluding hydrogens is 538 g/mol. The molecule has 1 heterocycles. The second-order valence-corrected chi connectivity index (χ2v) is 10.5. The monoisotopic (exact) mass is 571 g/mol. The highest BCUT2D eigenvalue weighted by atomic mass is 16.5. The number of ether oxygens (including phenoxy) is 2. The summed E-state index contributed by atoms with van der Waals surface area (Å²) in [7, 11) is 1.28. The van der Waals surface area contributed by atoms with Gasteiger partial charge in [0, 0.05) is 11.2 Å². The van der Waals surface area contributed by atoms with Crippen molar-refractivity contribution in [2.45, 2.75) is 45.8 Å². The Morgan fingerprint density at radius 1 is 0.929 bits per heavy atom. The quantitative estimate of drug-likeness (QED) is 0.297. The maximum atomic E-state index is 14.2. The van der Waals surface area contributed by atoms with Crippen molar-refractivity contribution in [2.75, 3.05) is 18.6 Å². The molecule has 0 aliphatic carbocycles. The Labute approximate surface area is 243 Å². The van der Waals surface area contributed by atoms with Gasteiger partial charge in [0.05, 0.1) is 30.4 Å².